The monoisotopic (exact) mass is 272 g/mol. The first kappa shape index (κ1) is 12.5. The quantitative estimate of drug-likeness (QED) is 0.562. The van der Waals surface area contributed by atoms with E-state index in [0.717, 1.165) is 31.4 Å². The summed E-state index contributed by atoms with van der Waals surface area (Å²) in [5.74, 6) is 6.37. The second-order valence-corrected chi connectivity index (χ2v) is 4.49. The van der Waals surface area contributed by atoms with Crippen molar-refractivity contribution in [1.82, 2.24) is 9.80 Å². The number of halogens is 1. The van der Waals surface area contributed by atoms with E-state index in [2.05, 4.69) is 32.7 Å². The van der Waals surface area contributed by atoms with Crippen molar-refractivity contribution in [2.24, 2.45) is 0 Å². The van der Waals surface area contributed by atoms with E-state index < -0.39 is 0 Å². The molecule has 0 aromatic rings. The molecular formula is C11H17BrN2O. The molecule has 1 fully saturated rings. The van der Waals surface area contributed by atoms with E-state index >= 15 is 0 Å². The van der Waals surface area contributed by atoms with Crippen LogP contribution in [-0.4, -0.2) is 54.3 Å². The molecule has 1 heterocycles. The van der Waals surface area contributed by atoms with Gasteiger partial charge in [-0.3, -0.25) is 9.69 Å². The van der Waals surface area contributed by atoms with Crippen molar-refractivity contribution in [2.45, 2.75) is 12.8 Å². The molecule has 0 saturated carbocycles. The molecule has 0 bridgehead atoms. The van der Waals surface area contributed by atoms with Crippen LogP contribution in [0, 0.1) is 11.8 Å². The lowest BCUT2D eigenvalue weighted by molar-refractivity contribution is -0.127. The average molecular weight is 273 g/mol. The van der Waals surface area contributed by atoms with Crippen molar-refractivity contribution >= 4 is 21.8 Å². The molecule has 0 aliphatic carbocycles. The number of hydrogen-bond acceptors (Lipinski definition) is 2. The van der Waals surface area contributed by atoms with Crippen LogP contribution in [0.4, 0.5) is 0 Å². The Morgan fingerprint density at radius 3 is 2.93 bits per heavy atom. The van der Waals surface area contributed by atoms with Gasteiger partial charge in [-0.2, -0.15) is 0 Å². The SMILES string of the molecule is CN(CC#CCN1CCCC1=O)CCBr. The van der Waals surface area contributed by atoms with Crippen LogP contribution in [0.5, 0.6) is 0 Å². The minimum absolute atomic E-state index is 0.248. The van der Waals surface area contributed by atoms with Crippen molar-refractivity contribution < 1.29 is 4.79 Å². The smallest absolute Gasteiger partial charge is 0.223 e. The van der Waals surface area contributed by atoms with Crippen LogP contribution in [0.15, 0.2) is 0 Å². The summed E-state index contributed by atoms with van der Waals surface area (Å²) in [5.41, 5.74) is 0. The maximum Gasteiger partial charge on any atom is 0.223 e. The Balaban J connectivity index is 2.18. The first-order valence-corrected chi connectivity index (χ1v) is 6.34. The van der Waals surface area contributed by atoms with Crippen LogP contribution in [0.25, 0.3) is 0 Å². The number of nitrogens with zero attached hydrogens (tertiary/aromatic N) is 2. The van der Waals surface area contributed by atoms with Gasteiger partial charge >= 0.3 is 0 Å². The summed E-state index contributed by atoms with van der Waals surface area (Å²) >= 11 is 3.38. The van der Waals surface area contributed by atoms with Crippen LogP contribution in [0.3, 0.4) is 0 Å². The second-order valence-electron chi connectivity index (χ2n) is 3.70. The molecule has 0 aromatic carbocycles. The van der Waals surface area contributed by atoms with E-state index in [0.29, 0.717) is 13.0 Å². The highest BCUT2D eigenvalue weighted by atomic mass is 79.9. The molecule has 0 N–H and O–H groups in total. The third-order valence-corrected chi connectivity index (χ3v) is 2.74. The fraction of sp³-hybridized carbons (Fsp3) is 0.727. The number of rotatable bonds is 4. The van der Waals surface area contributed by atoms with Crippen LogP contribution >= 0.6 is 15.9 Å². The maximum absolute atomic E-state index is 11.2. The van der Waals surface area contributed by atoms with Gasteiger partial charge in [-0.25, -0.2) is 0 Å². The highest BCUT2D eigenvalue weighted by Crippen LogP contribution is 2.07. The van der Waals surface area contributed by atoms with E-state index in [1.165, 1.54) is 0 Å². The number of amides is 1. The molecule has 4 heteroatoms. The topological polar surface area (TPSA) is 23.6 Å². The molecule has 0 aromatic heterocycles. The summed E-state index contributed by atoms with van der Waals surface area (Å²) in [7, 11) is 2.04. The Labute approximate surface area is 99.9 Å². The minimum Gasteiger partial charge on any atom is -0.332 e. The zero-order valence-electron chi connectivity index (χ0n) is 9.13. The number of carbonyl (C=O) groups is 1. The summed E-state index contributed by atoms with van der Waals surface area (Å²) in [6, 6.07) is 0. The molecule has 1 rings (SSSR count). The van der Waals surface area contributed by atoms with E-state index in [9.17, 15) is 4.79 Å². The molecule has 3 nitrogen and oxygen atoms in total. The molecular weight excluding hydrogens is 256 g/mol. The Hall–Kier alpha value is -0.530. The fourth-order valence-electron chi connectivity index (χ4n) is 1.44. The first-order valence-electron chi connectivity index (χ1n) is 5.22. The maximum atomic E-state index is 11.2. The normalized spacial score (nSPS) is 15.7. The number of hydrogen-bond donors (Lipinski definition) is 0. The van der Waals surface area contributed by atoms with Crippen molar-refractivity contribution in [1.29, 1.82) is 0 Å². The highest BCUT2D eigenvalue weighted by molar-refractivity contribution is 9.09. The molecule has 84 valence electrons. The average Bonchev–Trinajstić information content (AvgIpc) is 2.60. The van der Waals surface area contributed by atoms with Crippen molar-refractivity contribution in [3.63, 3.8) is 0 Å². The van der Waals surface area contributed by atoms with Gasteiger partial charge in [-0.15, -0.1) is 0 Å². The summed E-state index contributed by atoms with van der Waals surface area (Å²) < 4.78 is 0. The second kappa shape index (κ2) is 6.86. The molecule has 0 atom stereocenters. The van der Waals surface area contributed by atoms with Gasteiger partial charge in [0, 0.05) is 24.8 Å². The van der Waals surface area contributed by atoms with E-state index in [1.54, 1.807) is 0 Å². The first-order chi connectivity index (χ1) is 7.24. The van der Waals surface area contributed by atoms with Gasteiger partial charge in [0.2, 0.25) is 5.91 Å². The van der Waals surface area contributed by atoms with Gasteiger partial charge in [0.1, 0.15) is 0 Å². The van der Waals surface area contributed by atoms with E-state index in [1.807, 2.05) is 11.9 Å². The molecule has 0 radical (unpaired) electrons. The summed E-state index contributed by atoms with van der Waals surface area (Å²) in [4.78, 5) is 15.2. The standard InChI is InChI=1S/C11H17BrN2O/c1-13(10-6-12)7-2-3-8-14-9-4-5-11(14)15/h4-10H2,1H3. The van der Waals surface area contributed by atoms with Crippen LogP contribution in [0.2, 0.25) is 0 Å². The zero-order chi connectivity index (χ0) is 11.1. The fourth-order valence-corrected chi connectivity index (χ4v) is 2.04. The number of likely N-dealkylation sites (tertiary alicyclic amines) is 1. The van der Waals surface area contributed by atoms with Gasteiger partial charge in [-0.1, -0.05) is 27.8 Å². The Kier molecular flexibility index (Phi) is 5.74. The Bertz CT molecular complexity index is 269. The van der Waals surface area contributed by atoms with Crippen molar-refractivity contribution in [2.75, 3.05) is 38.6 Å². The van der Waals surface area contributed by atoms with Gasteiger partial charge in [0.25, 0.3) is 0 Å². The summed E-state index contributed by atoms with van der Waals surface area (Å²) in [6.45, 7) is 3.25. The lowest BCUT2D eigenvalue weighted by Crippen LogP contribution is -2.25. The number of alkyl halides is 1. The lowest BCUT2D eigenvalue weighted by atomic mass is 10.4. The molecule has 1 saturated heterocycles. The van der Waals surface area contributed by atoms with E-state index in [-0.39, 0.29) is 5.91 Å². The molecule has 1 amide bonds. The molecule has 1 aliphatic rings. The van der Waals surface area contributed by atoms with Gasteiger partial charge in [0.05, 0.1) is 13.1 Å². The van der Waals surface area contributed by atoms with Crippen LogP contribution < -0.4 is 0 Å². The largest absolute Gasteiger partial charge is 0.332 e. The van der Waals surface area contributed by atoms with Gasteiger partial charge in [-0.05, 0) is 13.5 Å². The third kappa shape index (κ3) is 4.67. The third-order valence-electron chi connectivity index (χ3n) is 2.38. The minimum atomic E-state index is 0.248. The summed E-state index contributed by atoms with van der Waals surface area (Å²) in [6.07, 6.45) is 1.69. The van der Waals surface area contributed by atoms with Crippen LogP contribution in [-0.2, 0) is 4.79 Å². The zero-order valence-corrected chi connectivity index (χ0v) is 10.7. The molecule has 1 aliphatic heterocycles. The predicted octanol–water partition coefficient (Wildman–Crippen LogP) is 0.939. The Morgan fingerprint density at radius 2 is 2.33 bits per heavy atom. The summed E-state index contributed by atoms with van der Waals surface area (Å²) in [5, 5.41) is 0.968. The van der Waals surface area contributed by atoms with Gasteiger partial charge in [0.15, 0.2) is 0 Å². The van der Waals surface area contributed by atoms with Gasteiger partial charge < -0.3 is 4.90 Å². The molecule has 0 unspecified atom stereocenters. The molecule has 0 spiro atoms. The molecule has 15 heavy (non-hydrogen) atoms. The predicted molar refractivity (Wildman–Crippen MR) is 64.9 cm³/mol. The number of carbonyl (C=O) groups excluding carboxylic acids is 1. The Morgan fingerprint density at radius 1 is 1.53 bits per heavy atom. The van der Waals surface area contributed by atoms with Crippen LogP contribution in [0.1, 0.15) is 12.8 Å². The van der Waals surface area contributed by atoms with Crippen molar-refractivity contribution in [3.05, 3.63) is 0 Å². The lowest BCUT2D eigenvalue weighted by Gasteiger charge is -2.11. The van der Waals surface area contributed by atoms with Crippen molar-refractivity contribution in [3.8, 4) is 11.8 Å². The van der Waals surface area contributed by atoms with E-state index in [4.69, 9.17) is 0 Å². The highest BCUT2D eigenvalue weighted by Gasteiger charge is 2.18.